The van der Waals surface area contributed by atoms with Gasteiger partial charge in [0.05, 0.1) is 16.5 Å². The molecular weight excluding hydrogens is 354 g/mol. The first kappa shape index (κ1) is 17.9. The summed E-state index contributed by atoms with van der Waals surface area (Å²) >= 11 is 0. The summed E-state index contributed by atoms with van der Waals surface area (Å²) in [5.41, 5.74) is 4.80. The normalized spacial score (nSPS) is 12.9. The van der Waals surface area contributed by atoms with E-state index in [9.17, 15) is 13.2 Å². The first-order valence-corrected chi connectivity index (χ1v) is 9.52. The average molecular weight is 371 g/mol. The van der Waals surface area contributed by atoms with E-state index in [0.29, 0.717) is 11.3 Å². The van der Waals surface area contributed by atoms with Gasteiger partial charge in [-0.1, -0.05) is 6.07 Å². The number of sulfonamides is 1. The third-order valence-electron chi connectivity index (χ3n) is 4.06. The molecule has 1 amide bonds. The highest BCUT2D eigenvalue weighted by Crippen LogP contribution is 2.24. The standard InChI is InChI=1S/C18H17N3O4S/c19-11-13-4-7-16(8-5-13)25-12-18(22)20-21-26(23,24)17-9-6-14-2-1-3-15(14)10-17/h4-10,21H,1-3,12H2,(H,20,22). The van der Waals surface area contributed by atoms with E-state index in [1.165, 1.54) is 11.6 Å². The fourth-order valence-corrected chi connectivity index (χ4v) is 3.62. The van der Waals surface area contributed by atoms with Crippen molar-refractivity contribution in [2.75, 3.05) is 6.61 Å². The Morgan fingerprint density at radius 2 is 1.85 bits per heavy atom. The Labute approximate surface area is 151 Å². The SMILES string of the molecule is N#Cc1ccc(OCC(=O)NNS(=O)(=O)c2ccc3c(c2)CCC3)cc1. The van der Waals surface area contributed by atoms with Crippen LogP contribution < -0.4 is 15.0 Å². The molecule has 0 spiro atoms. The molecule has 0 aliphatic heterocycles. The number of aryl methyl sites for hydroxylation is 2. The molecule has 134 valence electrons. The minimum absolute atomic E-state index is 0.117. The second kappa shape index (κ2) is 7.56. The maximum atomic E-state index is 12.3. The number of carbonyl (C=O) groups excluding carboxylic acids is 1. The number of hydrogen-bond acceptors (Lipinski definition) is 5. The topological polar surface area (TPSA) is 108 Å². The number of ether oxygens (including phenoxy) is 1. The van der Waals surface area contributed by atoms with Gasteiger partial charge in [-0.05, 0) is 66.8 Å². The Hall–Kier alpha value is -2.89. The van der Waals surface area contributed by atoms with Crippen molar-refractivity contribution in [3.8, 4) is 11.8 Å². The molecule has 0 fully saturated rings. The van der Waals surface area contributed by atoms with Crippen LogP contribution in [0.25, 0.3) is 0 Å². The summed E-state index contributed by atoms with van der Waals surface area (Å²) in [6.07, 6.45) is 2.85. The first-order valence-electron chi connectivity index (χ1n) is 8.03. The lowest BCUT2D eigenvalue weighted by Gasteiger charge is -2.10. The number of benzene rings is 2. The quantitative estimate of drug-likeness (QED) is 0.747. The van der Waals surface area contributed by atoms with Crippen molar-refractivity contribution < 1.29 is 17.9 Å². The van der Waals surface area contributed by atoms with Gasteiger partial charge in [0.2, 0.25) is 0 Å². The van der Waals surface area contributed by atoms with E-state index in [-0.39, 0.29) is 11.5 Å². The van der Waals surface area contributed by atoms with Gasteiger partial charge in [0.15, 0.2) is 6.61 Å². The van der Waals surface area contributed by atoms with Crippen LogP contribution in [0.15, 0.2) is 47.4 Å². The zero-order chi connectivity index (χ0) is 18.6. The van der Waals surface area contributed by atoms with Gasteiger partial charge in [-0.25, -0.2) is 8.42 Å². The fourth-order valence-electron chi connectivity index (χ4n) is 2.71. The Morgan fingerprint density at radius 1 is 1.12 bits per heavy atom. The van der Waals surface area contributed by atoms with Gasteiger partial charge in [0.1, 0.15) is 5.75 Å². The molecule has 2 N–H and O–H groups in total. The summed E-state index contributed by atoms with van der Waals surface area (Å²) < 4.78 is 29.8. The lowest BCUT2D eigenvalue weighted by molar-refractivity contribution is -0.123. The molecule has 3 rings (SSSR count). The number of carbonyl (C=O) groups is 1. The van der Waals surface area contributed by atoms with E-state index in [1.54, 1.807) is 30.3 Å². The minimum Gasteiger partial charge on any atom is -0.484 e. The molecule has 1 aliphatic rings. The lowest BCUT2D eigenvalue weighted by atomic mass is 10.1. The molecule has 0 saturated carbocycles. The molecule has 0 atom stereocenters. The van der Waals surface area contributed by atoms with Gasteiger partial charge in [-0.2, -0.15) is 5.26 Å². The summed E-state index contributed by atoms with van der Waals surface area (Å²) in [7, 11) is -3.84. The van der Waals surface area contributed by atoms with Gasteiger partial charge in [-0.15, -0.1) is 4.83 Å². The zero-order valence-electron chi connectivity index (χ0n) is 13.9. The Balaban J connectivity index is 1.54. The molecule has 26 heavy (non-hydrogen) atoms. The van der Waals surface area contributed by atoms with Crippen molar-refractivity contribution in [1.29, 1.82) is 5.26 Å². The molecule has 2 aromatic rings. The van der Waals surface area contributed by atoms with Crippen LogP contribution >= 0.6 is 0 Å². The Kier molecular flexibility index (Phi) is 5.21. The van der Waals surface area contributed by atoms with Crippen molar-refractivity contribution in [3.63, 3.8) is 0 Å². The van der Waals surface area contributed by atoms with E-state index in [4.69, 9.17) is 10.00 Å². The number of nitrogens with zero attached hydrogens (tertiary/aromatic N) is 1. The molecule has 7 nitrogen and oxygen atoms in total. The molecule has 0 unspecified atom stereocenters. The van der Waals surface area contributed by atoms with Crippen molar-refractivity contribution in [1.82, 2.24) is 10.3 Å². The number of nitrogens with one attached hydrogen (secondary N) is 2. The lowest BCUT2D eigenvalue weighted by Crippen LogP contribution is -2.43. The number of rotatable bonds is 6. The highest BCUT2D eigenvalue weighted by molar-refractivity contribution is 7.89. The van der Waals surface area contributed by atoms with Gasteiger partial charge in [0, 0.05) is 0 Å². The molecule has 1 aliphatic carbocycles. The van der Waals surface area contributed by atoms with Crippen LogP contribution in [0.4, 0.5) is 0 Å². The van der Waals surface area contributed by atoms with Gasteiger partial charge in [0.25, 0.3) is 15.9 Å². The number of fused-ring (bicyclic) bond motifs is 1. The maximum Gasteiger partial charge on any atom is 0.272 e. The highest BCUT2D eigenvalue weighted by atomic mass is 32.2. The van der Waals surface area contributed by atoms with Gasteiger partial charge in [-0.3, -0.25) is 10.2 Å². The van der Waals surface area contributed by atoms with Gasteiger partial charge >= 0.3 is 0 Å². The average Bonchev–Trinajstić information content (AvgIpc) is 3.13. The van der Waals surface area contributed by atoms with Crippen molar-refractivity contribution in [3.05, 3.63) is 59.2 Å². The van der Waals surface area contributed by atoms with Crippen LogP contribution in [0.2, 0.25) is 0 Å². The summed E-state index contributed by atoms with van der Waals surface area (Å²) in [6, 6.07) is 13.2. The first-order chi connectivity index (χ1) is 12.5. The number of nitriles is 1. The van der Waals surface area contributed by atoms with Crippen LogP contribution in [-0.2, 0) is 27.7 Å². The Morgan fingerprint density at radius 3 is 2.58 bits per heavy atom. The van der Waals surface area contributed by atoms with E-state index in [0.717, 1.165) is 24.8 Å². The van der Waals surface area contributed by atoms with Crippen LogP contribution in [0.5, 0.6) is 5.75 Å². The van der Waals surface area contributed by atoms with Crippen LogP contribution in [0.3, 0.4) is 0 Å². The van der Waals surface area contributed by atoms with E-state index in [2.05, 4.69) is 10.3 Å². The molecule has 0 aromatic heterocycles. The second-order valence-electron chi connectivity index (χ2n) is 5.86. The smallest absolute Gasteiger partial charge is 0.272 e. The highest BCUT2D eigenvalue weighted by Gasteiger charge is 2.19. The van der Waals surface area contributed by atoms with Crippen molar-refractivity contribution in [2.24, 2.45) is 0 Å². The summed E-state index contributed by atoms with van der Waals surface area (Å²) in [5, 5.41) is 8.72. The minimum atomic E-state index is -3.84. The second-order valence-corrected chi connectivity index (χ2v) is 7.55. The Bertz CT molecular complexity index is 963. The number of hydrazine groups is 1. The maximum absolute atomic E-state index is 12.3. The molecule has 0 radical (unpaired) electrons. The number of amides is 1. The molecular formula is C18H17N3O4S. The van der Waals surface area contributed by atoms with E-state index >= 15 is 0 Å². The third kappa shape index (κ3) is 4.20. The van der Waals surface area contributed by atoms with Crippen molar-refractivity contribution in [2.45, 2.75) is 24.2 Å². The molecule has 0 saturated heterocycles. The monoisotopic (exact) mass is 371 g/mol. The molecule has 2 aromatic carbocycles. The van der Waals surface area contributed by atoms with Crippen LogP contribution in [0, 0.1) is 11.3 Å². The van der Waals surface area contributed by atoms with Crippen LogP contribution in [0.1, 0.15) is 23.1 Å². The molecule has 0 heterocycles. The van der Waals surface area contributed by atoms with Gasteiger partial charge < -0.3 is 4.74 Å². The number of hydrogen-bond donors (Lipinski definition) is 2. The fraction of sp³-hybridized carbons (Fsp3) is 0.222. The van der Waals surface area contributed by atoms with Crippen molar-refractivity contribution >= 4 is 15.9 Å². The van der Waals surface area contributed by atoms with E-state index in [1.807, 2.05) is 12.1 Å². The largest absolute Gasteiger partial charge is 0.484 e. The van der Waals surface area contributed by atoms with Crippen LogP contribution in [-0.4, -0.2) is 20.9 Å². The summed E-state index contributed by atoms with van der Waals surface area (Å²) in [6.45, 7) is -0.362. The molecule has 8 heteroatoms. The van der Waals surface area contributed by atoms with E-state index < -0.39 is 15.9 Å². The molecule has 0 bridgehead atoms. The zero-order valence-corrected chi connectivity index (χ0v) is 14.7. The third-order valence-corrected chi connectivity index (χ3v) is 5.30. The predicted molar refractivity (Wildman–Crippen MR) is 93.6 cm³/mol. The predicted octanol–water partition coefficient (Wildman–Crippen LogP) is 1.44. The summed E-state index contributed by atoms with van der Waals surface area (Å²) in [5.74, 6) is -0.236. The summed E-state index contributed by atoms with van der Waals surface area (Å²) in [4.78, 5) is 14.0.